The van der Waals surface area contributed by atoms with Crippen molar-refractivity contribution in [3.63, 3.8) is 0 Å². The Hall–Kier alpha value is -2.09. The molecular weight excluding hydrogens is 385 g/mol. The molecular formula is C21H27F3N2O3. The van der Waals surface area contributed by atoms with Crippen molar-refractivity contribution in [2.45, 2.75) is 63.3 Å². The summed E-state index contributed by atoms with van der Waals surface area (Å²) in [4.78, 5) is 29.1. The summed E-state index contributed by atoms with van der Waals surface area (Å²) < 4.78 is 43.5. The van der Waals surface area contributed by atoms with Gasteiger partial charge in [0.05, 0.1) is 17.1 Å². The Morgan fingerprint density at radius 3 is 2.55 bits per heavy atom. The zero-order valence-corrected chi connectivity index (χ0v) is 16.8. The normalized spacial score (nSPS) is 25.6. The first-order valence-electron chi connectivity index (χ1n) is 9.92. The number of alkyl halides is 3. The summed E-state index contributed by atoms with van der Waals surface area (Å²) >= 11 is 0. The molecule has 0 aliphatic carbocycles. The van der Waals surface area contributed by atoms with Gasteiger partial charge in [-0.1, -0.05) is 18.6 Å². The highest BCUT2D eigenvalue weighted by Gasteiger charge is 2.51. The van der Waals surface area contributed by atoms with Crippen LogP contribution in [0.1, 0.15) is 50.2 Å². The van der Waals surface area contributed by atoms with Gasteiger partial charge in [0.15, 0.2) is 0 Å². The fourth-order valence-corrected chi connectivity index (χ4v) is 4.58. The van der Waals surface area contributed by atoms with Gasteiger partial charge in [-0.25, -0.2) is 0 Å². The average Bonchev–Trinajstić information content (AvgIpc) is 2.99. The average molecular weight is 412 g/mol. The first-order valence-corrected chi connectivity index (χ1v) is 9.92. The number of carbonyl (C=O) groups excluding carboxylic acids is 2. The second-order valence-electron chi connectivity index (χ2n) is 8.06. The zero-order valence-electron chi connectivity index (χ0n) is 16.8. The Labute approximate surface area is 168 Å². The van der Waals surface area contributed by atoms with Gasteiger partial charge in [-0.05, 0) is 43.9 Å². The van der Waals surface area contributed by atoms with Crippen LogP contribution >= 0.6 is 0 Å². The number of amides is 2. The molecule has 8 heteroatoms. The molecule has 0 unspecified atom stereocenters. The third kappa shape index (κ3) is 4.42. The molecule has 0 radical (unpaired) electrons. The lowest BCUT2D eigenvalue weighted by Gasteiger charge is -2.45. The molecule has 0 N–H and O–H groups in total. The predicted octanol–water partition coefficient (Wildman–Crippen LogP) is 3.61. The number of likely N-dealkylation sites (tertiary alicyclic amines) is 2. The van der Waals surface area contributed by atoms with Crippen LogP contribution in [0.2, 0.25) is 0 Å². The van der Waals surface area contributed by atoms with Gasteiger partial charge in [0.25, 0.3) is 0 Å². The van der Waals surface area contributed by atoms with Gasteiger partial charge < -0.3 is 14.5 Å². The van der Waals surface area contributed by atoms with E-state index in [0.717, 1.165) is 31.4 Å². The highest BCUT2D eigenvalue weighted by Crippen LogP contribution is 2.40. The van der Waals surface area contributed by atoms with Crippen molar-refractivity contribution >= 4 is 11.8 Å². The number of methoxy groups -OCH3 is 1. The Balaban J connectivity index is 1.87. The van der Waals surface area contributed by atoms with Crippen LogP contribution in [0, 0.1) is 0 Å². The van der Waals surface area contributed by atoms with Crippen LogP contribution in [0.25, 0.3) is 0 Å². The van der Waals surface area contributed by atoms with Crippen LogP contribution in [-0.2, 0) is 27.0 Å². The van der Waals surface area contributed by atoms with E-state index in [9.17, 15) is 22.8 Å². The smallest absolute Gasteiger partial charge is 0.375 e. The number of nitrogens with zero attached hydrogens (tertiary/aromatic N) is 2. The zero-order chi connectivity index (χ0) is 21.2. The van der Waals surface area contributed by atoms with E-state index in [1.54, 1.807) is 4.90 Å². The largest absolute Gasteiger partial charge is 0.416 e. The topological polar surface area (TPSA) is 49.9 Å². The van der Waals surface area contributed by atoms with Crippen molar-refractivity contribution in [1.82, 2.24) is 9.80 Å². The SMILES string of the molecule is COCC(=O)N1CC[C@]2(C)[C@H]1CCCCC(=O)N2Cc1ccc(C(F)(F)F)cc1. The summed E-state index contributed by atoms with van der Waals surface area (Å²) in [5.74, 6) is -0.109. The molecule has 0 bridgehead atoms. The molecule has 0 saturated carbocycles. The van der Waals surface area contributed by atoms with Gasteiger partial charge in [0, 0.05) is 26.6 Å². The van der Waals surface area contributed by atoms with Crippen molar-refractivity contribution in [3.8, 4) is 0 Å². The summed E-state index contributed by atoms with van der Waals surface area (Å²) in [6, 6.07) is 4.83. The lowest BCUT2D eigenvalue weighted by atomic mass is 9.84. The Bertz CT molecular complexity index is 751. The Morgan fingerprint density at radius 1 is 1.24 bits per heavy atom. The molecule has 160 valence electrons. The number of hydrogen-bond donors (Lipinski definition) is 0. The first kappa shape index (κ1) is 21.6. The quantitative estimate of drug-likeness (QED) is 0.759. The third-order valence-electron chi connectivity index (χ3n) is 6.20. The van der Waals surface area contributed by atoms with E-state index in [1.807, 2.05) is 11.8 Å². The van der Waals surface area contributed by atoms with Crippen LogP contribution in [0.5, 0.6) is 0 Å². The molecule has 2 fully saturated rings. The molecule has 2 atom stereocenters. The minimum atomic E-state index is -4.39. The molecule has 1 aromatic carbocycles. The third-order valence-corrected chi connectivity index (χ3v) is 6.20. The number of rotatable bonds is 4. The maximum atomic E-state index is 13.0. The minimum absolute atomic E-state index is 0.000565. The van der Waals surface area contributed by atoms with Crippen LogP contribution in [0.3, 0.4) is 0 Å². The van der Waals surface area contributed by atoms with Gasteiger partial charge in [0.1, 0.15) is 6.61 Å². The molecule has 2 aliphatic rings. The molecule has 2 saturated heterocycles. The van der Waals surface area contributed by atoms with E-state index >= 15 is 0 Å². The van der Waals surface area contributed by atoms with E-state index < -0.39 is 17.3 Å². The van der Waals surface area contributed by atoms with E-state index in [1.165, 1.54) is 19.2 Å². The summed E-state index contributed by atoms with van der Waals surface area (Å²) in [5, 5.41) is 0. The first-order chi connectivity index (χ1) is 13.7. The van der Waals surface area contributed by atoms with Gasteiger partial charge in [0.2, 0.25) is 11.8 Å². The number of halogens is 3. The summed E-state index contributed by atoms with van der Waals surface area (Å²) in [7, 11) is 1.48. The van der Waals surface area contributed by atoms with Gasteiger partial charge in [-0.2, -0.15) is 13.2 Å². The maximum Gasteiger partial charge on any atom is 0.416 e. The highest BCUT2D eigenvalue weighted by atomic mass is 19.4. The summed E-state index contributed by atoms with van der Waals surface area (Å²) in [5.41, 5.74) is -0.612. The van der Waals surface area contributed by atoms with Gasteiger partial charge in [-0.15, -0.1) is 0 Å². The van der Waals surface area contributed by atoms with Crippen LogP contribution in [0.15, 0.2) is 24.3 Å². The number of ether oxygens (including phenoxy) is 1. The van der Waals surface area contributed by atoms with Crippen molar-refractivity contribution < 1.29 is 27.5 Å². The van der Waals surface area contributed by atoms with Gasteiger partial charge >= 0.3 is 6.18 Å². The number of benzene rings is 1. The van der Waals surface area contributed by atoms with Gasteiger partial charge in [-0.3, -0.25) is 9.59 Å². The summed E-state index contributed by atoms with van der Waals surface area (Å²) in [6.45, 7) is 2.76. The predicted molar refractivity (Wildman–Crippen MR) is 101 cm³/mol. The highest BCUT2D eigenvalue weighted by molar-refractivity contribution is 5.80. The van der Waals surface area contributed by atoms with Crippen molar-refractivity contribution in [3.05, 3.63) is 35.4 Å². The number of hydrogen-bond acceptors (Lipinski definition) is 3. The van der Waals surface area contributed by atoms with E-state index in [2.05, 4.69) is 0 Å². The van der Waals surface area contributed by atoms with Crippen LogP contribution in [-0.4, -0.2) is 53.5 Å². The Kier molecular flexibility index (Phi) is 6.22. The molecule has 5 nitrogen and oxygen atoms in total. The molecule has 0 spiro atoms. The molecule has 29 heavy (non-hydrogen) atoms. The second kappa shape index (κ2) is 8.34. The molecule has 3 rings (SSSR count). The monoisotopic (exact) mass is 412 g/mol. The van der Waals surface area contributed by atoms with E-state index in [0.29, 0.717) is 24.9 Å². The van der Waals surface area contributed by atoms with Crippen molar-refractivity contribution in [1.29, 1.82) is 0 Å². The molecule has 2 amide bonds. The number of fused-ring (bicyclic) bond motifs is 1. The van der Waals surface area contributed by atoms with Crippen molar-refractivity contribution in [2.24, 2.45) is 0 Å². The maximum absolute atomic E-state index is 13.0. The fourth-order valence-electron chi connectivity index (χ4n) is 4.58. The summed E-state index contributed by atoms with van der Waals surface area (Å²) in [6.07, 6.45) is -0.949. The standard InChI is InChI=1S/C21H27F3N2O3/c1-20-11-12-25(19(28)14-29-2)17(20)5-3-4-6-18(27)26(20)13-15-7-9-16(10-8-15)21(22,23)24/h7-10,17H,3-6,11-14H2,1-2H3/t17-,20-/m1/s1. The van der Waals surface area contributed by atoms with Crippen LogP contribution < -0.4 is 0 Å². The lowest BCUT2D eigenvalue weighted by molar-refractivity contribution is -0.145. The van der Waals surface area contributed by atoms with Crippen LogP contribution in [0.4, 0.5) is 13.2 Å². The molecule has 2 heterocycles. The fraction of sp³-hybridized carbons (Fsp3) is 0.619. The minimum Gasteiger partial charge on any atom is -0.375 e. The molecule has 0 aromatic heterocycles. The molecule has 1 aromatic rings. The molecule has 2 aliphatic heterocycles. The Morgan fingerprint density at radius 2 is 1.93 bits per heavy atom. The van der Waals surface area contributed by atoms with E-state index in [-0.39, 0.29) is 31.0 Å². The lowest BCUT2D eigenvalue weighted by Crippen LogP contribution is -2.58. The number of carbonyl (C=O) groups is 2. The second-order valence-corrected chi connectivity index (χ2v) is 8.06. The van der Waals surface area contributed by atoms with Crippen molar-refractivity contribution in [2.75, 3.05) is 20.3 Å². The van der Waals surface area contributed by atoms with E-state index in [4.69, 9.17) is 4.74 Å².